The molecule has 2 atom stereocenters. The van der Waals surface area contributed by atoms with E-state index in [1.807, 2.05) is 0 Å². The number of rotatable bonds is 1. The van der Waals surface area contributed by atoms with E-state index >= 15 is 0 Å². The topological polar surface area (TPSA) is 70.1 Å². The van der Waals surface area contributed by atoms with E-state index in [4.69, 9.17) is 4.74 Å². The second-order valence-corrected chi connectivity index (χ2v) is 6.20. The summed E-state index contributed by atoms with van der Waals surface area (Å²) in [6.07, 6.45) is 1.30. The number of aliphatic carboxylic acids is 1. The van der Waals surface area contributed by atoms with Crippen molar-refractivity contribution >= 4 is 12.1 Å². The molecule has 0 aromatic heterocycles. The molecule has 0 aliphatic carbocycles. The highest BCUT2D eigenvalue weighted by molar-refractivity contribution is 5.81. The van der Waals surface area contributed by atoms with E-state index in [1.165, 1.54) is 4.90 Å². The molecule has 2 aliphatic heterocycles. The van der Waals surface area contributed by atoms with Crippen molar-refractivity contribution < 1.29 is 19.4 Å². The van der Waals surface area contributed by atoms with Crippen LogP contribution in [0.15, 0.2) is 0 Å². The van der Waals surface area contributed by atoms with Crippen LogP contribution >= 0.6 is 0 Å². The minimum Gasteiger partial charge on any atom is -0.480 e. The first-order valence-electron chi connectivity index (χ1n) is 6.76. The fourth-order valence-electron chi connectivity index (χ4n) is 2.89. The Balaban J connectivity index is 2.14. The minimum atomic E-state index is -0.942. The van der Waals surface area contributed by atoms with Gasteiger partial charge >= 0.3 is 12.1 Å². The Labute approximate surface area is 113 Å². The van der Waals surface area contributed by atoms with Crippen LogP contribution in [0.2, 0.25) is 0 Å². The van der Waals surface area contributed by atoms with Crippen LogP contribution in [0.1, 0.15) is 33.6 Å². The highest BCUT2D eigenvalue weighted by Gasteiger charge is 2.46. The molecule has 1 N–H and O–H groups in total. The van der Waals surface area contributed by atoms with Crippen LogP contribution in [0, 0.1) is 0 Å². The number of nitrogens with zero attached hydrogens (tertiary/aromatic N) is 2. The third-order valence-electron chi connectivity index (χ3n) is 3.62. The zero-order valence-corrected chi connectivity index (χ0v) is 11.8. The van der Waals surface area contributed by atoms with E-state index in [2.05, 4.69) is 4.90 Å². The SMILES string of the molecule is CC(C)(C)OC(=O)N1CCN2CCC[C@H]2[C@H]1C(=O)O. The molecule has 0 radical (unpaired) electrons. The summed E-state index contributed by atoms with van der Waals surface area (Å²) in [4.78, 5) is 27.2. The predicted octanol–water partition coefficient (Wildman–Crippen LogP) is 1.15. The summed E-state index contributed by atoms with van der Waals surface area (Å²) in [5.41, 5.74) is -0.604. The molecule has 0 saturated carbocycles. The summed E-state index contributed by atoms with van der Waals surface area (Å²) >= 11 is 0. The average molecular weight is 270 g/mol. The number of amides is 1. The van der Waals surface area contributed by atoms with Crippen molar-refractivity contribution in [2.75, 3.05) is 19.6 Å². The minimum absolute atomic E-state index is 0.0706. The predicted molar refractivity (Wildman–Crippen MR) is 69.0 cm³/mol. The molecule has 6 nitrogen and oxygen atoms in total. The number of hydrogen-bond donors (Lipinski definition) is 1. The Bertz CT molecular complexity index is 377. The molecule has 2 aliphatic rings. The number of ether oxygens (including phenoxy) is 1. The fraction of sp³-hybridized carbons (Fsp3) is 0.846. The Kier molecular flexibility index (Phi) is 3.71. The van der Waals surface area contributed by atoms with Gasteiger partial charge in [0, 0.05) is 19.1 Å². The molecule has 19 heavy (non-hydrogen) atoms. The zero-order chi connectivity index (χ0) is 14.2. The molecule has 0 unspecified atom stereocenters. The van der Waals surface area contributed by atoms with Crippen LogP contribution in [-0.4, -0.2) is 64.3 Å². The third kappa shape index (κ3) is 3.00. The van der Waals surface area contributed by atoms with Crippen molar-refractivity contribution in [3.05, 3.63) is 0 Å². The maximum Gasteiger partial charge on any atom is 0.411 e. The van der Waals surface area contributed by atoms with Gasteiger partial charge in [-0.05, 0) is 40.2 Å². The van der Waals surface area contributed by atoms with Gasteiger partial charge in [-0.15, -0.1) is 0 Å². The molecular weight excluding hydrogens is 248 g/mol. The number of carbonyl (C=O) groups is 2. The zero-order valence-electron chi connectivity index (χ0n) is 11.8. The molecule has 2 fully saturated rings. The fourth-order valence-corrected chi connectivity index (χ4v) is 2.89. The lowest BCUT2D eigenvalue weighted by Gasteiger charge is -2.42. The van der Waals surface area contributed by atoms with Crippen LogP contribution in [0.25, 0.3) is 0 Å². The van der Waals surface area contributed by atoms with Crippen LogP contribution in [0.4, 0.5) is 4.79 Å². The lowest BCUT2D eigenvalue weighted by molar-refractivity contribution is -0.147. The second kappa shape index (κ2) is 5.00. The van der Waals surface area contributed by atoms with Crippen LogP contribution in [0.3, 0.4) is 0 Å². The summed E-state index contributed by atoms with van der Waals surface area (Å²) in [6.45, 7) is 7.43. The Hall–Kier alpha value is -1.30. The Morgan fingerprint density at radius 2 is 1.89 bits per heavy atom. The lowest BCUT2D eigenvalue weighted by atomic mass is 10.0. The molecule has 2 saturated heterocycles. The van der Waals surface area contributed by atoms with Crippen LogP contribution in [0.5, 0.6) is 0 Å². The van der Waals surface area contributed by atoms with E-state index in [0.29, 0.717) is 6.54 Å². The Morgan fingerprint density at radius 3 is 2.47 bits per heavy atom. The monoisotopic (exact) mass is 270 g/mol. The van der Waals surface area contributed by atoms with E-state index in [1.54, 1.807) is 20.8 Å². The Morgan fingerprint density at radius 1 is 1.21 bits per heavy atom. The van der Waals surface area contributed by atoms with Gasteiger partial charge in [0.15, 0.2) is 0 Å². The average Bonchev–Trinajstić information content (AvgIpc) is 2.72. The first-order valence-corrected chi connectivity index (χ1v) is 6.76. The maximum atomic E-state index is 12.1. The van der Waals surface area contributed by atoms with Gasteiger partial charge in [0.2, 0.25) is 0 Å². The number of fused-ring (bicyclic) bond motifs is 1. The number of hydrogen-bond acceptors (Lipinski definition) is 4. The highest BCUT2D eigenvalue weighted by Crippen LogP contribution is 2.28. The van der Waals surface area contributed by atoms with Gasteiger partial charge in [-0.2, -0.15) is 0 Å². The number of carbonyl (C=O) groups excluding carboxylic acids is 1. The van der Waals surface area contributed by atoms with Gasteiger partial charge < -0.3 is 9.84 Å². The standard InChI is InChI=1S/C13H22N2O4/c1-13(2,3)19-12(18)15-8-7-14-6-4-5-9(14)10(15)11(16)17/h9-10H,4-8H2,1-3H3,(H,16,17)/t9-,10-/m0/s1. The number of piperazine rings is 1. The van der Waals surface area contributed by atoms with Crippen LogP contribution in [-0.2, 0) is 9.53 Å². The summed E-state index contributed by atoms with van der Waals surface area (Å²) in [6, 6.07) is -0.857. The summed E-state index contributed by atoms with van der Waals surface area (Å²) < 4.78 is 5.31. The number of carboxylic acid groups (broad SMARTS) is 1. The van der Waals surface area contributed by atoms with Gasteiger partial charge in [0.05, 0.1) is 0 Å². The van der Waals surface area contributed by atoms with E-state index in [0.717, 1.165) is 25.9 Å². The molecule has 0 aromatic carbocycles. The largest absolute Gasteiger partial charge is 0.480 e. The normalized spacial score (nSPS) is 28.1. The van der Waals surface area contributed by atoms with Crippen molar-refractivity contribution in [2.24, 2.45) is 0 Å². The number of carboxylic acids is 1. The molecular formula is C13H22N2O4. The van der Waals surface area contributed by atoms with Crippen LogP contribution < -0.4 is 0 Å². The van der Waals surface area contributed by atoms with Gasteiger partial charge in [-0.3, -0.25) is 9.80 Å². The highest BCUT2D eigenvalue weighted by atomic mass is 16.6. The second-order valence-electron chi connectivity index (χ2n) is 6.20. The van der Waals surface area contributed by atoms with Gasteiger partial charge in [-0.25, -0.2) is 9.59 Å². The quantitative estimate of drug-likeness (QED) is 0.774. The lowest BCUT2D eigenvalue weighted by Crippen LogP contribution is -2.62. The van der Waals surface area contributed by atoms with Gasteiger partial charge in [-0.1, -0.05) is 0 Å². The van der Waals surface area contributed by atoms with Gasteiger partial charge in [0.25, 0.3) is 0 Å². The van der Waals surface area contributed by atoms with E-state index in [9.17, 15) is 14.7 Å². The van der Waals surface area contributed by atoms with Crippen molar-refractivity contribution in [3.63, 3.8) is 0 Å². The maximum absolute atomic E-state index is 12.1. The first kappa shape index (κ1) is 14.1. The summed E-state index contributed by atoms with van der Waals surface area (Å²) in [5, 5.41) is 9.43. The van der Waals surface area contributed by atoms with Crippen molar-refractivity contribution in [1.29, 1.82) is 0 Å². The van der Waals surface area contributed by atoms with Crippen molar-refractivity contribution in [2.45, 2.75) is 51.3 Å². The van der Waals surface area contributed by atoms with Crippen molar-refractivity contribution in [3.8, 4) is 0 Å². The summed E-state index contributed by atoms with van der Waals surface area (Å²) in [7, 11) is 0. The summed E-state index contributed by atoms with van der Waals surface area (Å²) in [5.74, 6) is -0.942. The smallest absolute Gasteiger partial charge is 0.411 e. The molecule has 0 spiro atoms. The molecule has 2 rings (SSSR count). The first-order chi connectivity index (χ1) is 8.79. The molecule has 108 valence electrons. The molecule has 0 bridgehead atoms. The third-order valence-corrected chi connectivity index (χ3v) is 3.62. The van der Waals surface area contributed by atoms with E-state index < -0.39 is 23.7 Å². The molecule has 1 amide bonds. The molecule has 2 heterocycles. The molecule has 0 aromatic rings. The van der Waals surface area contributed by atoms with Gasteiger partial charge in [0.1, 0.15) is 11.6 Å². The van der Waals surface area contributed by atoms with Crippen molar-refractivity contribution in [1.82, 2.24) is 9.80 Å². The van der Waals surface area contributed by atoms with E-state index in [-0.39, 0.29) is 6.04 Å². The molecule has 6 heteroatoms.